The number of nitrogens with zero attached hydrogens (tertiary/aromatic N) is 1. The van der Waals surface area contributed by atoms with Crippen LogP contribution in [-0.4, -0.2) is 42.7 Å². The fraction of sp³-hybridized carbons (Fsp3) is 0.938. The van der Waals surface area contributed by atoms with E-state index in [0.29, 0.717) is 32.4 Å². The minimum absolute atomic E-state index is 0.00989. The van der Waals surface area contributed by atoms with Crippen LogP contribution in [0.5, 0.6) is 0 Å². The van der Waals surface area contributed by atoms with Crippen molar-refractivity contribution in [1.82, 2.24) is 10.2 Å². The molecule has 2 aliphatic rings. The molecule has 0 unspecified atom stereocenters. The molecule has 0 saturated carbocycles. The third-order valence-corrected chi connectivity index (χ3v) is 4.51. The molecule has 0 atom stereocenters. The molecule has 3 nitrogen and oxygen atoms in total. The van der Waals surface area contributed by atoms with E-state index in [1.54, 1.807) is 0 Å². The van der Waals surface area contributed by atoms with Gasteiger partial charge in [0.1, 0.15) is 5.67 Å². The zero-order chi connectivity index (χ0) is 14.8. The summed E-state index contributed by atoms with van der Waals surface area (Å²) >= 11 is 0. The third-order valence-electron chi connectivity index (χ3n) is 4.51. The summed E-state index contributed by atoms with van der Waals surface area (Å²) in [4.78, 5) is 14.3. The fourth-order valence-electron chi connectivity index (χ4n) is 3.58. The van der Waals surface area contributed by atoms with Gasteiger partial charge in [-0.05, 0) is 50.6 Å². The van der Waals surface area contributed by atoms with E-state index in [1.807, 2.05) is 4.90 Å². The van der Waals surface area contributed by atoms with Crippen molar-refractivity contribution in [1.29, 1.82) is 0 Å². The molecule has 2 rings (SSSR count). The van der Waals surface area contributed by atoms with Gasteiger partial charge in [-0.25, -0.2) is 4.39 Å². The quantitative estimate of drug-likeness (QED) is 0.845. The van der Waals surface area contributed by atoms with E-state index in [0.717, 1.165) is 25.9 Å². The SMILES string of the molecule is CC(C)(C)CC1(F)CCN(C(=O)C2CCNCC2)CC1. The molecule has 0 aromatic heterocycles. The highest BCUT2D eigenvalue weighted by Crippen LogP contribution is 2.38. The molecule has 0 aliphatic carbocycles. The number of rotatable bonds is 2. The topological polar surface area (TPSA) is 32.3 Å². The summed E-state index contributed by atoms with van der Waals surface area (Å²) in [5, 5.41) is 3.28. The van der Waals surface area contributed by atoms with Gasteiger partial charge in [0.05, 0.1) is 0 Å². The molecule has 1 amide bonds. The van der Waals surface area contributed by atoms with Crippen molar-refractivity contribution >= 4 is 5.91 Å². The van der Waals surface area contributed by atoms with Crippen molar-refractivity contribution in [3.8, 4) is 0 Å². The van der Waals surface area contributed by atoms with E-state index in [9.17, 15) is 9.18 Å². The monoisotopic (exact) mass is 284 g/mol. The van der Waals surface area contributed by atoms with Crippen LogP contribution in [0.25, 0.3) is 0 Å². The van der Waals surface area contributed by atoms with E-state index < -0.39 is 5.67 Å². The lowest BCUT2D eigenvalue weighted by Gasteiger charge is -2.41. The summed E-state index contributed by atoms with van der Waals surface area (Å²) < 4.78 is 14.8. The van der Waals surface area contributed by atoms with Gasteiger partial charge in [0.2, 0.25) is 5.91 Å². The van der Waals surface area contributed by atoms with E-state index in [1.165, 1.54) is 0 Å². The Morgan fingerprint density at radius 3 is 2.30 bits per heavy atom. The number of carbonyl (C=O) groups is 1. The number of alkyl halides is 1. The van der Waals surface area contributed by atoms with Crippen LogP contribution < -0.4 is 5.32 Å². The summed E-state index contributed by atoms with van der Waals surface area (Å²) in [5.74, 6) is 0.412. The zero-order valence-corrected chi connectivity index (χ0v) is 13.2. The van der Waals surface area contributed by atoms with Crippen LogP contribution in [0.3, 0.4) is 0 Å². The Morgan fingerprint density at radius 1 is 1.25 bits per heavy atom. The summed E-state index contributed by atoms with van der Waals surface area (Å²) in [5.41, 5.74) is -1.07. The lowest BCUT2D eigenvalue weighted by atomic mass is 9.78. The van der Waals surface area contributed by atoms with Gasteiger partial charge in [0, 0.05) is 19.0 Å². The average Bonchev–Trinajstić information content (AvgIpc) is 2.37. The first-order chi connectivity index (χ1) is 9.29. The van der Waals surface area contributed by atoms with Crippen molar-refractivity contribution in [2.24, 2.45) is 11.3 Å². The van der Waals surface area contributed by atoms with E-state index in [-0.39, 0.29) is 17.2 Å². The first-order valence-corrected chi connectivity index (χ1v) is 7.98. The lowest BCUT2D eigenvalue weighted by Crippen LogP contribution is -2.49. The molecule has 20 heavy (non-hydrogen) atoms. The minimum Gasteiger partial charge on any atom is -0.342 e. The standard InChI is InChI=1S/C16H29FN2O/c1-15(2,3)12-16(17)6-10-19(11-7-16)14(20)13-4-8-18-9-5-13/h13,18H,4-12H2,1-3H3. The highest BCUT2D eigenvalue weighted by atomic mass is 19.1. The minimum atomic E-state index is -1.08. The Hall–Kier alpha value is -0.640. The van der Waals surface area contributed by atoms with Crippen LogP contribution in [0, 0.1) is 11.3 Å². The summed E-state index contributed by atoms with van der Waals surface area (Å²) in [6.07, 6.45) is 3.45. The Labute approximate surface area is 122 Å². The predicted octanol–water partition coefficient (Wildman–Crippen LogP) is 2.75. The molecule has 1 N–H and O–H groups in total. The molecule has 2 saturated heterocycles. The first kappa shape index (κ1) is 15.7. The summed E-state index contributed by atoms with van der Waals surface area (Å²) in [6, 6.07) is 0. The normalized spacial score (nSPS) is 24.7. The molecule has 0 radical (unpaired) electrons. The van der Waals surface area contributed by atoms with Crippen LogP contribution in [0.2, 0.25) is 0 Å². The second-order valence-electron chi connectivity index (χ2n) is 7.74. The number of hydrogen-bond acceptors (Lipinski definition) is 2. The molecule has 4 heteroatoms. The maximum atomic E-state index is 14.8. The van der Waals surface area contributed by atoms with Crippen LogP contribution >= 0.6 is 0 Å². The van der Waals surface area contributed by atoms with Gasteiger partial charge in [-0.2, -0.15) is 0 Å². The zero-order valence-electron chi connectivity index (χ0n) is 13.2. The van der Waals surface area contributed by atoms with Gasteiger partial charge in [-0.1, -0.05) is 20.8 Å². The van der Waals surface area contributed by atoms with E-state index in [2.05, 4.69) is 26.1 Å². The van der Waals surface area contributed by atoms with Crippen LogP contribution in [0.4, 0.5) is 4.39 Å². The van der Waals surface area contributed by atoms with Gasteiger partial charge >= 0.3 is 0 Å². The molecular formula is C16H29FN2O. The van der Waals surface area contributed by atoms with Crippen molar-refractivity contribution in [3.05, 3.63) is 0 Å². The lowest BCUT2D eigenvalue weighted by molar-refractivity contribution is -0.139. The van der Waals surface area contributed by atoms with Crippen molar-refractivity contribution in [3.63, 3.8) is 0 Å². The van der Waals surface area contributed by atoms with Gasteiger partial charge < -0.3 is 10.2 Å². The van der Waals surface area contributed by atoms with Crippen molar-refractivity contribution < 1.29 is 9.18 Å². The molecule has 0 bridgehead atoms. The molecular weight excluding hydrogens is 255 g/mol. The third kappa shape index (κ3) is 4.18. The average molecular weight is 284 g/mol. The Kier molecular flexibility index (Phi) is 4.73. The van der Waals surface area contributed by atoms with Gasteiger partial charge in [-0.3, -0.25) is 4.79 Å². The van der Waals surface area contributed by atoms with Crippen LogP contribution in [0.15, 0.2) is 0 Å². The van der Waals surface area contributed by atoms with E-state index in [4.69, 9.17) is 0 Å². The molecule has 0 aromatic rings. The second kappa shape index (κ2) is 6.00. The smallest absolute Gasteiger partial charge is 0.225 e. The number of halogens is 1. The molecule has 2 fully saturated rings. The predicted molar refractivity (Wildman–Crippen MR) is 79.3 cm³/mol. The van der Waals surface area contributed by atoms with Gasteiger partial charge in [0.25, 0.3) is 0 Å². The number of piperidine rings is 2. The van der Waals surface area contributed by atoms with Crippen LogP contribution in [0.1, 0.15) is 52.9 Å². The largest absolute Gasteiger partial charge is 0.342 e. The summed E-state index contributed by atoms with van der Waals surface area (Å²) in [7, 11) is 0. The van der Waals surface area contributed by atoms with Crippen molar-refractivity contribution in [2.45, 2.75) is 58.5 Å². The maximum absolute atomic E-state index is 14.8. The van der Waals surface area contributed by atoms with E-state index >= 15 is 0 Å². The summed E-state index contributed by atoms with van der Waals surface area (Å²) in [6.45, 7) is 9.30. The molecule has 2 heterocycles. The number of hydrogen-bond donors (Lipinski definition) is 1. The Bertz CT molecular complexity index is 337. The number of amides is 1. The van der Waals surface area contributed by atoms with Gasteiger partial charge in [-0.15, -0.1) is 0 Å². The maximum Gasteiger partial charge on any atom is 0.225 e. The van der Waals surface area contributed by atoms with Crippen molar-refractivity contribution in [2.75, 3.05) is 26.2 Å². The molecule has 2 aliphatic heterocycles. The molecule has 0 spiro atoms. The number of carbonyl (C=O) groups excluding carboxylic acids is 1. The van der Waals surface area contributed by atoms with Gasteiger partial charge in [0.15, 0.2) is 0 Å². The Morgan fingerprint density at radius 2 is 1.80 bits per heavy atom. The van der Waals surface area contributed by atoms with Crippen LogP contribution in [-0.2, 0) is 4.79 Å². The highest BCUT2D eigenvalue weighted by molar-refractivity contribution is 5.79. The highest BCUT2D eigenvalue weighted by Gasteiger charge is 2.39. The first-order valence-electron chi connectivity index (χ1n) is 7.98. The fourth-order valence-corrected chi connectivity index (χ4v) is 3.58. The number of likely N-dealkylation sites (tertiary alicyclic amines) is 1. The molecule has 116 valence electrons. The molecule has 0 aromatic carbocycles. The second-order valence-corrected chi connectivity index (χ2v) is 7.74. The number of nitrogens with one attached hydrogen (secondary N) is 1. The Balaban J connectivity index is 1.85.